The van der Waals surface area contributed by atoms with Gasteiger partial charge in [-0.25, -0.2) is 0 Å². The van der Waals surface area contributed by atoms with Gasteiger partial charge in [0.05, 0.1) is 19.3 Å². The van der Waals surface area contributed by atoms with Crippen LogP contribution < -0.4 is 4.74 Å². The van der Waals surface area contributed by atoms with Gasteiger partial charge in [-0.3, -0.25) is 9.58 Å². The number of allylic oxidation sites excluding steroid dienone is 1. The molecule has 0 saturated carbocycles. The summed E-state index contributed by atoms with van der Waals surface area (Å²) in [5.74, 6) is 0.930. The summed E-state index contributed by atoms with van der Waals surface area (Å²) in [4.78, 5) is 2.50. The van der Waals surface area contributed by atoms with E-state index in [1.54, 1.807) is 7.11 Å². The molecule has 0 amide bonds. The molecule has 1 fully saturated rings. The Morgan fingerprint density at radius 3 is 3.00 bits per heavy atom. The molecular formula is C18H23N3O. The number of aromatic nitrogens is 2. The summed E-state index contributed by atoms with van der Waals surface area (Å²) in [6.45, 7) is 8.69. The quantitative estimate of drug-likeness (QED) is 0.766. The van der Waals surface area contributed by atoms with Crippen molar-refractivity contribution in [3.05, 3.63) is 59.9 Å². The molecule has 1 aromatic carbocycles. The molecule has 116 valence electrons. The highest BCUT2D eigenvalue weighted by Gasteiger charge is 2.30. The zero-order valence-electron chi connectivity index (χ0n) is 13.3. The third kappa shape index (κ3) is 2.92. The zero-order valence-corrected chi connectivity index (χ0v) is 13.3. The molecule has 2 heterocycles. The Morgan fingerprint density at radius 1 is 1.45 bits per heavy atom. The van der Waals surface area contributed by atoms with E-state index in [4.69, 9.17) is 4.74 Å². The average molecular weight is 297 g/mol. The molecule has 2 aromatic rings. The van der Waals surface area contributed by atoms with Crippen LogP contribution in [0.1, 0.15) is 29.3 Å². The average Bonchev–Trinajstić information content (AvgIpc) is 2.84. The summed E-state index contributed by atoms with van der Waals surface area (Å²) in [5, 5.41) is 4.54. The minimum atomic E-state index is 0.484. The molecule has 1 aliphatic rings. The van der Waals surface area contributed by atoms with Gasteiger partial charge in [0.15, 0.2) is 0 Å². The van der Waals surface area contributed by atoms with Crippen LogP contribution in [0.25, 0.3) is 0 Å². The lowest BCUT2D eigenvalue weighted by atomic mass is 9.94. The normalized spacial score (nSPS) is 18.0. The SMILES string of the molecule is C=CCn1cc(CN2CC[C@H]2c2cccc(OC)c2)c(C)n1. The van der Waals surface area contributed by atoms with E-state index in [-0.39, 0.29) is 0 Å². The van der Waals surface area contributed by atoms with E-state index in [0.717, 1.165) is 31.1 Å². The number of ether oxygens (including phenoxy) is 1. The maximum absolute atomic E-state index is 5.34. The summed E-state index contributed by atoms with van der Waals surface area (Å²) >= 11 is 0. The first-order valence-corrected chi connectivity index (χ1v) is 7.73. The van der Waals surface area contributed by atoms with Crippen molar-refractivity contribution in [1.29, 1.82) is 0 Å². The molecular weight excluding hydrogens is 274 g/mol. The predicted octanol–water partition coefficient (Wildman–Crippen LogP) is 3.33. The minimum absolute atomic E-state index is 0.484. The standard InChI is InChI=1S/C18H23N3O/c1-4-9-21-13-16(14(2)19-21)12-20-10-8-18(20)15-6-5-7-17(11-15)22-3/h4-7,11,13,18H,1,8-10,12H2,2-3H3/t18-/m0/s1. The van der Waals surface area contributed by atoms with Gasteiger partial charge in [-0.1, -0.05) is 18.2 Å². The number of benzene rings is 1. The van der Waals surface area contributed by atoms with Crippen LogP contribution in [0.4, 0.5) is 0 Å². The molecule has 1 saturated heterocycles. The fourth-order valence-corrected chi connectivity index (χ4v) is 3.02. The smallest absolute Gasteiger partial charge is 0.119 e. The Morgan fingerprint density at radius 2 is 2.32 bits per heavy atom. The van der Waals surface area contributed by atoms with Gasteiger partial charge in [-0.15, -0.1) is 6.58 Å². The summed E-state index contributed by atoms with van der Waals surface area (Å²) in [6.07, 6.45) is 5.21. The first-order chi connectivity index (χ1) is 10.7. The Kier molecular flexibility index (Phi) is 4.29. The van der Waals surface area contributed by atoms with Gasteiger partial charge in [0, 0.05) is 30.9 Å². The van der Waals surface area contributed by atoms with Crippen LogP contribution in [0.3, 0.4) is 0 Å². The fraction of sp³-hybridized carbons (Fsp3) is 0.389. The lowest BCUT2D eigenvalue weighted by Crippen LogP contribution is -2.40. The van der Waals surface area contributed by atoms with Crippen LogP contribution in [0.5, 0.6) is 5.75 Å². The van der Waals surface area contributed by atoms with Gasteiger partial charge in [0.2, 0.25) is 0 Å². The second-order valence-electron chi connectivity index (χ2n) is 5.80. The van der Waals surface area contributed by atoms with Crippen molar-refractivity contribution in [2.24, 2.45) is 0 Å². The number of hydrogen-bond acceptors (Lipinski definition) is 3. The van der Waals surface area contributed by atoms with Gasteiger partial charge < -0.3 is 4.74 Å². The van der Waals surface area contributed by atoms with E-state index >= 15 is 0 Å². The molecule has 1 atom stereocenters. The lowest BCUT2D eigenvalue weighted by molar-refractivity contribution is 0.0815. The van der Waals surface area contributed by atoms with Crippen molar-refractivity contribution in [3.63, 3.8) is 0 Å². The van der Waals surface area contributed by atoms with Crippen LogP contribution in [0.2, 0.25) is 0 Å². The van der Waals surface area contributed by atoms with E-state index < -0.39 is 0 Å². The van der Waals surface area contributed by atoms with Crippen molar-refractivity contribution >= 4 is 0 Å². The summed E-state index contributed by atoms with van der Waals surface area (Å²) in [6, 6.07) is 8.88. The Bertz CT molecular complexity index is 662. The minimum Gasteiger partial charge on any atom is -0.497 e. The largest absolute Gasteiger partial charge is 0.497 e. The molecule has 1 aliphatic heterocycles. The maximum Gasteiger partial charge on any atom is 0.119 e. The highest BCUT2D eigenvalue weighted by Crippen LogP contribution is 2.36. The number of rotatable bonds is 6. The van der Waals surface area contributed by atoms with E-state index in [1.165, 1.54) is 17.5 Å². The third-order valence-electron chi connectivity index (χ3n) is 4.35. The van der Waals surface area contributed by atoms with Gasteiger partial charge in [0.1, 0.15) is 5.75 Å². The second kappa shape index (κ2) is 6.36. The molecule has 4 nitrogen and oxygen atoms in total. The summed E-state index contributed by atoms with van der Waals surface area (Å²) < 4.78 is 7.29. The first kappa shape index (κ1) is 14.9. The highest BCUT2D eigenvalue weighted by atomic mass is 16.5. The maximum atomic E-state index is 5.34. The molecule has 0 bridgehead atoms. The van der Waals surface area contributed by atoms with Crippen molar-refractivity contribution in [2.45, 2.75) is 32.5 Å². The third-order valence-corrected chi connectivity index (χ3v) is 4.35. The van der Waals surface area contributed by atoms with Gasteiger partial charge in [-0.2, -0.15) is 5.10 Å². The summed E-state index contributed by atoms with van der Waals surface area (Å²) in [7, 11) is 1.72. The van der Waals surface area contributed by atoms with Crippen molar-refractivity contribution in [1.82, 2.24) is 14.7 Å². The van der Waals surface area contributed by atoms with Crippen LogP contribution >= 0.6 is 0 Å². The Labute approximate surface area is 132 Å². The van der Waals surface area contributed by atoms with E-state index in [9.17, 15) is 0 Å². The second-order valence-corrected chi connectivity index (χ2v) is 5.80. The van der Waals surface area contributed by atoms with Crippen molar-refractivity contribution < 1.29 is 4.74 Å². The molecule has 0 aliphatic carbocycles. The number of likely N-dealkylation sites (tertiary alicyclic amines) is 1. The molecule has 3 rings (SSSR count). The number of nitrogens with zero attached hydrogens (tertiary/aromatic N) is 3. The molecule has 0 radical (unpaired) electrons. The van der Waals surface area contributed by atoms with Gasteiger partial charge >= 0.3 is 0 Å². The topological polar surface area (TPSA) is 30.3 Å². The number of methoxy groups -OCH3 is 1. The van der Waals surface area contributed by atoms with Crippen LogP contribution in [0, 0.1) is 6.92 Å². The van der Waals surface area contributed by atoms with E-state index in [2.05, 4.69) is 47.9 Å². The van der Waals surface area contributed by atoms with Crippen LogP contribution in [-0.2, 0) is 13.1 Å². The van der Waals surface area contributed by atoms with Gasteiger partial charge in [0.25, 0.3) is 0 Å². The predicted molar refractivity (Wildman–Crippen MR) is 87.9 cm³/mol. The number of hydrogen-bond donors (Lipinski definition) is 0. The van der Waals surface area contributed by atoms with Crippen molar-refractivity contribution in [2.75, 3.05) is 13.7 Å². The van der Waals surface area contributed by atoms with E-state index in [0.29, 0.717) is 6.04 Å². The van der Waals surface area contributed by atoms with Crippen LogP contribution in [0.15, 0.2) is 43.1 Å². The lowest BCUT2D eigenvalue weighted by Gasteiger charge is -2.41. The van der Waals surface area contributed by atoms with Crippen molar-refractivity contribution in [3.8, 4) is 5.75 Å². The summed E-state index contributed by atoms with van der Waals surface area (Å²) in [5.41, 5.74) is 3.74. The highest BCUT2D eigenvalue weighted by molar-refractivity contribution is 5.32. The zero-order chi connectivity index (χ0) is 15.5. The van der Waals surface area contributed by atoms with Gasteiger partial charge in [-0.05, 0) is 31.0 Å². The van der Waals surface area contributed by atoms with Crippen LogP contribution in [-0.4, -0.2) is 28.3 Å². The van der Waals surface area contributed by atoms with E-state index in [1.807, 2.05) is 16.8 Å². The monoisotopic (exact) mass is 297 g/mol. The number of aryl methyl sites for hydroxylation is 1. The molecule has 0 N–H and O–H groups in total. The first-order valence-electron chi connectivity index (χ1n) is 7.73. The fourth-order valence-electron chi connectivity index (χ4n) is 3.02. The Hall–Kier alpha value is -2.07. The molecule has 22 heavy (non-hydrogen) atoms. The molecule has 0 spiro atoms. The molecule has 4 heteroatoms. The molecule has 1 aromatic heterocycles. The Balaban J connectivity index is 1.72. The molecule has 0 unspecified atom stereocenters.